The topological polar surface area (TPSA) is 76.7 Å². The number of ether oxygens (including phenoxy) is 2. The van der Waals surface area contributed by atoms with Gasteiger partial charge in [-0.25, -0.2) is 13.1 Å². The number of sulfonamides is 1. The zero-order chi connectivity index (χ0) is 17.4. The molecule has 7 heteroatoms. The summed E-state index contributed by atoms with van der Waals surface area (Å²) in [7, 11) is -1.93. The summed E-state index contributed by atoms with van der Waals surface area (Å²) >= 11 is 0. The van der Waals surface area contributed by atoms with Crippen LogP contribution in [0.15, 0.2) is 23.1 Å². The SMILES string of the molecule is COCC1(CNS(=O)(=O)c2ccc3c(c2)CC(C)(C)O3)CCCN1. The molecule has 6 nitrogen and oxygen atoms in total. The van der Waals surface area contributed by atoms with Gasteiger partial charge < -0.3 is 14.8 Å². The summed E-state index contributed by atoms with van der Waals surface area (Å²) in [6.07, 6.45) is 2.63. The number of nitrogens with one attached hydrogen (secondary N) is 2. The van der Waals surface area contributed by atoms with Gasteiger partial charge in [0.2, 0.25) is 10.0 Å². The molecule has 1 atom stereocenters. The molecule has 0 amide bonds. The molecule has 1 fully saturated rings. The molecule has 0 bridgehead atoms. The highest BCUT2D eigenvalue weighted by atomic mass is 32.2. The number of methoxy groups -OCH3 is 1. The van der Waals surface area contributed by atoms with Gasteiger partial charge in [-0.15, -0.1) is 0 Å². The number of hydrogen-bond acceptors (Lipinski definition) is 5. The molecule has 0 saturated carbocycles. The molecule has 1 aromatic carbocycles. The maximum Gasteiger partial charge on any atom is 0.240 e. The molecule has 2 aliphatic rings. The first kappa shape index (κ1) is 17.7. The first-order valence-corrected chi connectivity index (χ1v) is 9.79. The second-order valence-corrected chi connectivity index (χ2v) is 9.14. The molecular weight excluding hydrogens is 328 g/mol. The predicted octanol–water partition coefficient (Wildman–Crippen LogP) is 1.45. The maximum absolute atomic E-state index is 12.7. The van der Waals surface area contributed by atoms with E-state index in [1.807, 2.05) is 13.8 Å². The Kier molecular flexibility index (Phi) is 4.63. The molecular formula is C17H26N2O4S. The smallest absolute Gasteiger partial charge is 0.240 e. The van der Waals surface area contributed by atoms with E-state index in [1.54, 1.807) is 25.3 Å². The van der Waals surface area contributed by atoms with E-state index in [9.17, 15) is 8.42 Å². The molecule has 2 N–H and O–H groups in total. The van der Waals surface area contributed by atoms with Gasteiger partial charge in [-0.1, -0.05) is 0 Å². The van der Waals surface area contributed by atoms with Crippen molar-refractivity contribution in [2.24, 2.45) is 0 Å². The Bertz CT molecular complexity index is 709. The van der Waals surface area contributed by atoms with Crippen LogP contribution in [0.2, 0.25) is 0 Å². The van der Waals surface area contributed by atoms with E-state index in [-0.39, 0.29) is 16.0 Å². The van der Waals surface area contributed by atoms with Gasteiger partial charge in [0.05, 0.1) is 17.0 Å². The molecule has 2 heterocycles. The second-order valence-electron chi connectivity index (χ2n) is 7.38. The van der Waals surface area contributed by atoms with Gasteiger partial charge in [0, 0.05) is 20.1 Å². The minimum atomic E-state index is -3.56. The van der Waals surface area contributed by atoms with Crippen molar-refractivity contribution in [1.82, 2.24) is 10.0 Å². The van der Waals surface area contributed by atoms with Gasteiger partial charge >= 0.3 is 0 Å². The predicted molar refractivity (Wildman–Crippen MR) is 91.9 cm³/mol. The third kappa shape index (κ3) is 3.59. The summed E-state index contributed by atoms with van der Waals surface area (Å²) < 4.78 is 39.2. The van der Waals surface area contributed by atoms with E-state index in [0.29, 0.717) is 19.6 Å². The largest absolute Gasteiger partial charge is 0.487 e. The Morgan fingerprint density at radius 3 is 2.83 bits per heavy atom. The van der Waals surface area contributed by atoms with E-state index in [1.165, 1.54) is 0 Å². The van der Waals surface area contributed by atoms with Gasteiger partial charge in [0.25, 0.3) is 0 Å². The minimum absolute atomic E-state index is 0.283. The highest BCUT2D eigenvalue weighted by Gasteiger charge is 2.35. The van der Waals surface area contributed by atoms with E-state index in [0.717, 1.165) is 30.7 Å². The van der Waals surface area contributed by atoms with Crippen LogP contribution in [0.4, 0.5) is 0 Å². The normalized spacial score (nSPS) is 25.5. The summed E-state index contributed by atoms with van der Waals surface area (Å²) in [6, 6.07) is 5.07. The van der Waals surface area contributed by atoms with Crippen LogP contribution in [0, 0.1) is 0 Å². The maximum atomic E-state index is 12.7. The average molecular weight is 354 g/mol. The van der Waals surface area contributed by atoms with Crippen molar-refractivity contribution in [3.63, 3.8) is 0 Å². The van der Waals surface area contributed by atoms with Crippen LogP contribution in [-0.4, -0.2) is 46.4 Å². The molecule has 0 aliphatic carbocycles. The number of hydrogen-bond donors (Lipinski definition) is 2. The summed E-state index contributed by atoms with van der Waals surface area (Å²) in [5.41, 5.74) is 0.339. The molecule has 2 aliphatic heterocycles. The standard InChI is InChI=1S/C17H26N2O4S/c1-16(2)10-13-9-14(5-6-15(13)23-16)24(20,21)19-11-17(12-22-3)7-4-8-18-17/h5-6,9,18-19H,4,7-8,10-12H2,1-3H3. The van der Waals surface area contributed by atoms with Crippen LogP contribution < -0.4 is 14.8 Å². The fraction of sp³-hybridized carbons (Fsp3) is 0.647. The molecule has 24 heavy (non-hydrogen) atoms. The fourth-order valence-electron chi connectivity index (χ4n) is 3.54. The van der Waals surface area contributed by atoms with E-state index < -0.39 is 10.0 Å². The third-order valence-corrected chi connectivity index (χ3v) is 6.10. The fourth-order valence-corrected chi connectivity index (χ4v) is 4.72. The van der Waals surface area contributed by atoms with Gasteiger partial charge in [-0.05, 0) is 57.0 Å². The van der Waals surface area contributed by atoms with Gasteiger partial charge in [0.1, 0.15) is 11.4 Å². The molecule has 134 valence electrons. The minimum Gasteiger partial charge on any atom is -0.487 e. The first-order valence-electron chi connectivity index (χ1n) is 8.31. The summed E-state index contributed by atoms with van der Waals surface area (Å²) in [6.45, 7) is 5.69. The molecule has 0 spiro atoms. The van der Waals surface area contributed by atoms with Crippen LogP contribution in [0.25, 0.3) is 0 Å². The lowest BCUT2D eigenvalue weighted by Crippen LogP contribution is -2.52. The van der Waals surface area contributed by atoms with Gasteiger partial charge in [0.15, 0.2) is 0 Å². The monoisotopic (exact) mass is 354 g/mol. The lowest BCUT2D eigenvalue weighted by Gasteiger charge is -2.28. The molecule has 1 unspecified atom stereocenters. The summed E-state index contributed by atoms with van der Waals surface area (Å²) in [5.74, 6) is 0.771. The van der Waals surface area contributed by atoms with Crippen molar-refractivity contribution < 1.29 is 17.9 Å². The highest BCUT2D eigenvalue weighted by Crippen LogP contribution is 2.36. The Morgan fingerprint density at radius 2 is 2.17 bits per heavy atom. The highest BCUT2D eigenvalue weighted by molar-refractivity contribution is 7.89. The first-order chi connectivity index (χ1) is 11.3. The lowest BCUT2D eigenvalue weighted by molar-refractivity contribution is 0.122. The summed E-state index contributed by atoms with van der Waals surface area (Å²) in [5, 5.41) is 3.38. The van der Waals surface area contributed by atoms with Gasteiger partial charge in [-0.3, -0.25) is 0 Å². The number of rotatable bonds is 6. The van der Waals surface area contributed by atoms with E-state index in [4.69, 9.17) is 9.47 Å². The quantitative estimate of drug-likeness (QED) is 0.809. The Labute approximate surface area is 144 Å². The van der Waals surface area contributed by atoms with Crippen molar-refractivity contribution in [3.05, 3.63) is 23.8 Å². The number of benzene rings is 1. The van der Waals surface area contributed by atoms with Crippen LogP contribution in [0.5, 0.6) is 5.75 Å². The van der Waals surface area contributed by atoms with Gasteiger partial charge in [-0.2, -0.15) is 0 Å². The molecule has 1 aromatic rings. The molecule has 3 rings (SSSR count). The number of fused-ring (bicyclic) bond motifs is 1. The van der Waals surface area contributed by atoms with Crippen molar-refractivity contribution in [2.45, 2.75) is 49.1 Å². The van der Waals surface area contributed by atoms with Crippen LogP contribution in [0.3, 0.4) is 0 Å². The Hall–Kier alpha value is -1.15. The zero-order valence-corrected chi connectivity index (χ0v) is 15.3. The van der Waals surface area contributed by atoms with Crippen molar-refractivity contribution in [1.29, 1.82) is 0 Å². The van der Waals surface area contributed by atoms with Crippen molar-refractivity contribution in [2.75, 3.05) is 26.8 Å². The van der Waals surface area contributed by atoms with Crippen molar-refractivity contribution >= 4 is 10.0 Å². The molecule has 1 saturated heterocycles. The van der Waals surface area contributed by atoms with Crippen molar-refractivity contribution in [3.8, 4) is 5.75 Å². The van der Waals surface area contributed by atoms with Crippen LogP contribution in [0.1, 0.15) is 32.3 Å². The lowest BCUT2D eigenvalue weighted by atomic mass is 9.99. The average Bonchev–Trinajstić information content (AvgIpc) is 3.08. The Balaban J connectivity index is 1.75. The van der Waals surface area contributed by atoms with E-state index >= 15 is 0 Å². The van der Waals surface area contributed by atoms with Crippen LogP contribution >= 0.6 is 0 Å². The van der Waals surface area contributed by atoms with Crippen LogP contribution in [-0.2, 0) is 21.2 Å². The zero-order valence-electron chi connectivity index (χ0n) is 14.5. The van der Waals surface area contributed by atoms with E-state index in [2.05, 4.69) is 10.0 Å². The second kappa shape index (κ2) is 6.29. The molecule has 0 aromatic heterocycles. The third-order valence-electron chi connectivity index (χ3n) is 4.70. The Morgan fingerprint density at radius 1 is 1.38 bits per heavy atom. The summed E-state index contributed by atoms with van der Waals surface area (Å²) in [4.78, 5) is 0.285. The molecule has 0 radical (unpaired) electrons.